The third-order valence-electron chi connectivity index (χ3n) is 3.08. The maximum Gasteiger partial charge on any atom is 0.0270 e. The molecule has 0 radical (unpaired) electrons. The van der Waals surface area contributed by atoms with E-state index in [2.05, 4.69) is 55.2 Å². The summed E-state index contributed by atoms with van der Waals surface area (Å²) in [6.45, 7) is 11.1. The number of hydrogen-bond acceptors (Lipinski definition) is 3. The Balaban J connectivity index is 2.30. The van der Waals surface area contributed by atoms with Gasteiger partial charge in [-0.3, -0.25) is 4.98 Å². The number of pyridine rings is 1. The van der Waals surface area contributed by atoms with Crippen molar-refractivity contribution in [1.29, 1.82) is 0 Å². The quantitative estimate of drug-likeness (QED) is 0.765. The van der Waals surface area contributed by atoms with Gasteiger partial charge >= 0.3 is 0 Å². The lowest BCUT2D eigenvalue weighted by atomic mass is 9.92. The van der Waals surface area contributed by atoms with Crippen LogP contribution in [-0.4, -0.2) is 43.1 Å². The zero-order valence-electron chi connectivity index (χ0n) is 12.2. The van der Waals surface area contributed by atoms with Crippen molar-refractivity contribution < 1.29 is 0 Å². The topological polar surface area (TPSA) is 28.2 Å². The fourth-order valence-corrected chi connectivity index (χ4v) is 2.20. The summed E-state index contributed by atoms with van der Waals surface area (Å²) in [6, 6.07) is 4.19. The van der Waals surface area contributed by atoms with E-state index < -0.39 is 0 Å². The highest BCUT2D eigenvalue weighted by atomic mass is 15.1. The second-order valence-corrected chi connectivity index (χ2v) is 5.79. The Morgan fingerprint density at radius 2 is 1.94 bits per heavy atom. The molecule has 102 valence electrons. The monoisotopic (exact) mass is 249 g/mol. The molecule has 3 heteroatoms. The van der Waals surface area contributed by atoms with Gasteiger partial charge in [0.2, 0.25) is 0 Å². The van der Waals surface area contributed by atoms with Gasteiger partial charge in [0.1, 0.15) is 0 Å². The number of nitrogens with zero attached hydrogens (tertiary/aromatic N) is 2. The Labute approximate surface area is 112 Å². The molecule has 0 saturated heterocycles. The van der Waals surface area contributed by atoms with E-state index in [0.29, 0.717) is 5.41 Å². The summed E-state index contributed by atoms with van der Waals surface area (Å²) >= 11 is 0. The van der Waals surface area contributed by atoms with E-state index >= 15 is 0 Å². The molecule has 0 unspecified atom stereocenters. The molecule has 0 aromatic carbocycles. The third-order valence-corrected chi connectivity index (χ3v) is 3.08. The van der Waals surface area contributed by atoms with Gasteiger partial charge in [0.05, 0.1) is 0 Å². The van der Waals surface area contributed by atoms with E-state index in [4.69, 9.17) is 0 Å². The molecule has 1 aromatic rings. The molecular weight excluding hydrogens is 222 g/mol. The van der Waals surface area contributed by atoms with Gasteiger partial charge in [0, 0.05) is 32.0 Å². The van der Waals surface area contributed by atoms with Gasteiger partial charge in [-0.1, -0.05) is 20.8 Å². The molecule has 0 aliphatic rings. The molecule has 0 saturated carbocycles. The summed E-state index contributed by atoms with van der Waals surface area (Å²) in [6.07, 6.45) is 4.82. The van der Waals surface area contributed by atoms with Crippen LogP contribution in [0.1, 0.15) is 26.3 Å². The lowest BCUT2D eigenvalue weighted by molar-refractivity contribution is 0.206. The van der Waals surface area contributed by atoms with Crippen molar-refractivity contribution in [2.24, 2.45) is 5.41 Å². The molecule has 3 nitrogen and oxygen atoms in total. The maximum absolute atomic E-state index is 4.04. The zero-order chi connectivity index (χ0) is 13.4. The molecule has 1 aromatic heterocycles. The lowest BCUT2D eigenvalue weighted by Gasteiger charge is -2.30. The van der Waals surface area contributed by atoms with E-state index in [1.54, 1.807) is 0 Å². The fraction of sp³-hybridized carbons (Fsp3) is 0.667. The van der Waals surface area contributed by atoms with Crippen LogP contribution in [0.2, 0.25) is 0 Å². The molecule has 0 amide bonds. The van der Waals surface area contributed by atoms with Gasteiger partial charge in [-0.2, -0.15) is 0 Å². The molecule has 0 aliphatic heterocycles. The molecule has 0 aliphatic carbocycles. The van der Waals surface area contributed by atoms with Crippen molar-refractivity contribution in [3.8, 4) is 0 Å². The Kier molecular flexibility index (Phi) is 6.30. The average molecular weight is 249 g/mol. The van der Waals surface area contributed by atoms with Crippen molar-refractivity contribution >= 4 is 0 Å². The van der Waals surface area contributed by atoms with Crippen LogP contribution >= 0.6 is 0 Å². The van der Waals surface area contributed by atoms with Crippen LogP contribution in [0.5, 0.6) is 0 Å². The van der Waals surface area contributed by atoms with E-state index in [9.17, 15) is 0 Å². The summed E-state index contributed by atoms with van der Waals surface area (Å²) in [5.41, 5.74) is 1.68. The first-order valence-corrected chi connectivity index (χ1v) is 6.81. The van der Waals surface area contributed by atoms with E-state index in [-0.39, 0.29) is 0 Å². The summed E-state index contributed by atoms with van der Waals surface area (Å²) < 4.78 is 0. The van der Waals surface area contributed by atoms with Crippen LogP contribution in [-0.2, 0) is 6.42 Å². The van der Waals surface area contributed by atoms with Gasteiger partial charge in [0.15, 0.2) is 0 Å². The zero-order valence-corrected chi connectivity index (χ0v) is 12.2. The number of hydrogen-bond donors (Lipinski definition) is 1. The summed E-state index contributed by atoms with van der Waals surface area (Å²) in [5.74, 6) is 0. The van der Waals surface area contributed by atoms with Gasteiger partial charge in [0.25, 0.3) is 0 Å². The smallest absolute Gasteiger partial charge is 0.0270 e. The summed E-state index contributed by atoms with van der Waals surface area (Å²) in [5, 5.41) is 3.43. The number of likely N-dealkylation sites (N-methyl/N-ethyl adjacent to an activating group) is 1. The highest BCUT2D eigenvalue weighted by Gasteiger charge is 2.19. The van der Waals surface area contributed by atoms with Gasteiger partial charge in [-0.05, 0) is 43.1 Å². The van der Waals surface area contributed by atoms with E-state index in [0.717, 1.165) is 32.6 Å². The van der Waals surface area contributed by atoms with Crippen LogP contribution in [0.4, 0.5) is 0 Å². The Morgan fingerprint density at radius 3 is 2.56 bits per heavy atom. The number of nitrogens with one attached hydrogen (secondary N) is 1. The standard InChI is InChI=1S/C15H27N3/c1-5-16-12-15(2,3)13-18(4)11-8-14-6-9-17-10-7-14/h6-7,9-10,16H,5,8,11-13H2,1-4H3. The van der Waals surface area contributed by atoms with Gasteiger partial charge in [-0.25, -0.2) is 0 Å². The van der Waals surface area contributed by atoms with Crippen LogP contribution in [0.15, 0.2) is 24.5 Å². The van der Waals surface area contributed by atoms with E-state index in [1.807, 2.05) is 12.4 Å². The molecule has 1 heterocycles. The maximum atomic E-state index is 4.04. The fourth-order valence-electron chi connectivity index (χ4n) is 2.20. The van der Waals surface area contributed by atoms with Crippen molar-refractivity contribution in [3.63, 3.8) is 0 Å². The highest BCUT2D eigenvalue weighted by Crippen LogP contribution is 2.15. The van der Waals surface area contributed by atoms with Crippen LogP contribution in [0.25, 0.3) is 0 Å². The second-order valence-electron chi connectivity index (χ2n) is 5.79. The predicted octanol–water partition coefficient (Wildman–Crippen LogP) is 2.19. The summed E-state index contributed by atoms with van der Waals surface area (Å²) in [7, 11) is 2.20. The minimum atomic E-state index is 0.322. The molecule has 0 spiro atoms. The van der Waals surface area contributed by atoms with Gasteiger partial charge in [-0.15, -0.1) is 0 Å². The molecule has 0 bridgehead atoms. The Hall–Kier alpha value is -0.930. The SMILES string of the molecule is CCNCC(C)(C)CN(C)CCc1ccncc1. The Bertz CT molecular complexity index is 322. The Morgan fingerprint density at radius 1 is 1.28 bits per heavy atom. The van der Waals surface area contributed by atoms with Crippen LogP contribution < -0.4 is 5.32 Å². The van der Waals surface area contributed by atoms with Crippen LogP contribution in [0.3, 0.4) is 0 Å². The first-order chi connectivity index (χ1) is 8.53. The lowest BCUT2D eigenvalue weighted by Crippen LogP contribution is -2.39. The molecule has 1 rings (SSSR count). The number of rotatable bonds is 8. The predicted molar refractivity (Wildman–Crippen MR) is 77.8 cm³/mol. The highest BCUT2D eigenvalue weighted by molar-refractivity contribution is 5.09. The van der Waals surface area contributed by atoms with Crippen molar-refractivity contribution in [1.82, 2.24) is 15.2 Å². The first kappa shape index (κ1) is 15.1. The molecule has 0 atom stereocenters. The molecule has 18 heavy (non-hydrogen) atoms. The van der Waals surface area contributed by atoms with Crippen molar-refractivity contribution in [2.45, 2.75) is 27.2 Å². The number of aromatic nitrogens is 1. The normalized spacial score (nSPS) is 12.1. The minimum absolute atomic E-state index is 0.322. The average Bonchev–Trinajstić information content (AvgIpc) is 2.35. The van der Waals surface area contributed by atoms with Crippen molar-refractivity contribution in [3.05, 3.63) is 30.1 Å². The minimum Gasteiger partial charge on any atom is -0.316 e. The van der Waals surface area contributed by atoms with Crippen LogP contribution in [0, 0.1) is 5.41 Å². The molecule has 0 fully saturated rings. The second kappa shape index (κ2) is 7.49. The molecule has 1 N–H and O–H groups in total. The van der Waals surface area contributed by atoms with Gasteiger partial charge < -0.3 is 10.2 Å². The third kappa shape index (κ3) is 6.12. The first-order valence-electron chi connectivity index (χ1n) is 6.81. The molecular formula is C15H27N3. The van der Waals surface area contributed by atoms with Crippen molar-refractivity contribution in [2.75, 3.05) is 33.2 Å². The summed E-state index contributed by atoms with van der Waals surface area (Å²) in [4.78, 5) is 6.46. The van der Waals surface area contributed by atoms with E-state index in [1.165, 1.54) is 5.56 Å². The largest absolute Gasteiger partial charge is 0.316 e.